The average molecular weight is 390 g/mol. The van der Waals surface area contributed by atoms with Gasteiger partial charge in [-0.05, 0) is 59.4 Å². The van der Waals surface area contributed by atoms with Gasteiger partial charge in [-0.1, -0.05) is 86.6 Å². The second-order valence-corrected chi connectivity index (χ2v) is 8.24. The van der Waals surface area contributed by atoms with Gasteiger partial charge in [-0.25, -0.2) is 0 Å². The summed E-state index contributed by atoms with van der Waals surface area (Å²) in [6.45, 7) is 6.90. The SMILES string of the molecule is CCC(C)c1c(-c2c(C)ccc3ccccc23)n(-c2ccccc2)c2ccccc12. The Balaban J connectivity index is 2.02. The largest absolute Gasteiger partial charge is 0.309 e. The molecule has 1 heterocycles. The van der Waals surface area contributed by atoms with Gasteiger partial charge in [-0.2, -0.15) is 0 Å². The Kier molecular flexibility index (Phi) is 4.67. The Hall–Kier alpha value is -3.32. The lowest BCUT2D eigenvalue weighted by Gasteiger charge is -2.19. The van der Waals surface area contributed by atoms with E-state index in [1.807, 2.05) is 0 Å². The molecule has 0 aliphatic heterocycles. The molecule has 148 valence electrons. The molecule has 1 nitrogen and oxygen atoms in total. The third-order valence-corrected chi connectivity index (χ3v) is 6.41. The summed E-state index contributed by atoms with van der Waals surface area (Å²) in [5.74, 6) is 0.466. The number of hydrogen-bond acceptors (Lipinski definition) is 0. The highest BCUT2D eigenvalue weighted by Gasteiger charge is 2.24. The van der Waals surface area contributed by atoms with Crippen molar-refractivity contribution >= 4 is 21.7 Å². The molecule has 0 amide bonds. The number of fused-ring (bicyclic) bond motifs is 2. The second-order valence-electron chi connectivity index (χ2n) is 8.24. The van der Waals surface area contributed by atoms with Crippen molar-refractivity contribution in [2.75, 3.05) is 0 Å². The summed E-state index contributed by atoms with van der Waals surface area (Å²) in [6.07, 6.45) is 1.11. The van der Waals surface area contributed by atoms with Crippen LogP contribution in [0, 0.1) is 6.92 Å². The molecule has 0 spiro atoms. The normalized spacial score (nSPS) is 12.5. The Morgan fingerprint density at radius 3 is 2.17 bits per heavy atom. The number of aryl methyl sites for hydroxylation is 1. The Labute approximate surface area is 178 Å². The van der Waals surface area contributed by atoms with Gasteiger partial charge in [0, 0.05) is 16.6 Å². The minimum absolute atomic E-state index is 0.466. The number of aromatic nitrogens is 1. The smallest absolute Gasteiger partial charge is 0.0584 e. The van der Waals surface area contributed by atoms with Crippen LogP contribution >= 0.6 is 0 Å². The van der Waals surface area contributed by atoms with Crippen molar-refractivity contribution in [3.63, 3.8) is 0 Å². The summed E-state index contributed by atoms with van der Waals surface area (Å²) in [7, 11) is 0. The Morgan fingerprint density at radius 2 is 1.40 bits per heavy atom. The lowest BCUT2D eigenvalue weighted by molar-refractivity contribution is 0.739. The molecule has 4 aromatic carbocycles. The molecule has 30 heavy (non-hydrogen) atoms. The molecule has 0 radical (unpaired) electrons. The lowest BCUT2D eigenvalue weighted by atomic mass is 9.89. The summed E-state index contributed by atoms with van der Waals surface area (Å²) >= 11 is 0. The van der Waals surface area contributed by atoms with Gasteiger partial charge in [0.05, 0.1) is 11.2 Å². The fourth-order valence-electron chi connectivity index (χ4n) is 4.75. The molecule has 0 aliphatic rings. The molecule has 1 atom stereocenters. The lowest BCUT2D eigenvalue weighted by Crippen LogP contribution is -2.02. The van der Waals surface area contributed by atoms with Crippen molar-refractivity contribution in [1.29, 1.82) is 0 Å². The maximum absolute atomic E-state index is 2.48. The maximum atomic E-state index is 2.48. The van der Waals surface area contributed by atoms with Gasteiger partial charge in [0.2, 0.25) is 0 Å². The van der Waals surface area contributed by atoms with Crippen LogP contribution in [0.15, 0.2) is 91.0 Å². The van der Waals surface area contributed by atoms with Crippen LogP contribution in [0.2, 0.25) is 0 Å². The van der Waals surface area contributed by atoms with Gasteiger partial charge < -0.3 is 4.57 Å². The van der Waals surface area contributed by atoms with Gasteiger partial charge in [0.1, 0.15) is 0 Å². The van der Waals surface area contributed by atoms with Crippen LogP contribution in [-0.4, -0.2) is 4.57 Å². The van der Waals surface area contributed by atoms with E-state index in [1.54, 1.807) is 0 Å². The zero-order chi connectivity index (χ0) is 20.7. The van der Waals surface area contributed by atoms with Gasteiger partial charge in [-0.15, -0.1) is 0 Å². The summed E-state index contributed by atoms with van der Waals surface area (Å²) in [6, 6.07) is 33.0. The summed E-state index contributed by atoms with van der Waals surface area (Å²) < 4.78 is 2.48. The first kappa shape index (κ1) is 18.7. The summed E-state index contributed by atoms with van der Waals surface area (Å²) in [5, 5.41) is 3.97. The van der Waals surface area contributed by atoms with Gasteiger partial charge in [0.15, 0.2) is 0 Å². The molecule has 0 bridgehead atoms. The van der Waals surface area contributed by atoms with E-state index < -0.39 is 0 Å². The van der Waals surface area contributed by atoms with Crippen molar-refractivity contribution in [3.8, 4) is 16.9 Å². The molecule has 1 unspecified atom stereocenters. The minimum Gasteiger partial charge on any atom is -0.309 e. The van der Waals surface area contributed by atoms with Crippen molar-refractivity contribution in [2.45, 2.75) is 33.1 Å². The average Bonchev–Trinajstić information content (AvgIpc) is 3.13. The van der Waals surface area contributed by atoms with E-state index in [1.165, 1.54) is 49.7 Å². The highest BCUT2D eigenvalue weighted by atomic mass is 15.0. The minimum atomic E-state index is 0.466. The van der Waals surface area contributed by atoms with Gasteiger partial charge in [-0.3, -0.25) is 0 Å². The number of benzene rings is 4. The van der Waals surface area contributed by atoms with E-state index in [-0.39, 0.29) is 0 Å². The van der Waals surface area contributed by atoms with E-state index in [2.05, 4.69) is 116 Å². The summed E-state index contributed by atoms with van der Waals surface area (Å²) in [5.41, 5.74) is 7.95. The Morgan fingerprint density at radius 1 is 0.733 bits per heavy atom. The zero-order valence-electron chi connectivity index (χ0n) is 17.9. The van der Waals surface area contributed by atoms with Crippen LogP contribution in [0.3, 0.4) is 0 Å². The van der Waals surface area contributed by atoms with Crippen molar-refractivity contribution in [2.24, 2.45) is 0 Å². The van der Waals surface area contributed by atoms with E-state index >= 15 is 0 Å². The Bertz CT molecular complexity index is 1340. The maximum Gasteiger partial charge on any atom is 0.0584 e. The first-order valence-corrected chi connectivity index (χ1v) is 10.9. The molecule has 0 saturated heterocycles. The molecule has 0 saturated carbocycles. The van der Waals surface area contributed by atoms with E-state index in [4.69, 9.17) is 0 Å². The summed E-state index contributed by atoms with van der Waals surface area (Å²) in [4.78, 5) is 0. The monoisotopic (exact) mass is 389 g/mol. The van der Waals surface area contributed by atoms with Crippen LogP contribution < -0.4 is 0 Å². The third kappa shape index (κ3) is 2.85. The fraction of sp³-hybridized carbons (Fsp3) is 0.172. The molecule has 5 aromatic rings. The number of rotatable bonds is 4. The molecule has 5 rings (SSSR count). The first-order valence-electron chi connectivity index (χ1n) is 10.9. The van der Waals surface area contributed by atoms with E-state index in [9.17, 15) is 0 Å². The molecule has 0 fully saturated rings. The first-order chi connectivity index (χ1) is 14.7. The predicted octanol–water partition coefficient (Wildman–Crippen LogP) is 8.27. The zero-order valence-corrected chi connectivity index (χ0v) is 17.9. The van der Waals surface area contributed by atoms with E-state index in [0.29, 0.717) is 5.92 Å². The van der Waals surface area contributed by atoms with Crippen LogP contribution in [-0.2, 0) is 0 Å². The molecular formula is C29H27N. The van der Waals surface area contributed by atoms with E-state index in [0.717, 1.165) is 6.42 Å². The molecular weight excluding hydrogens is 362 g/mol. The number of nitrogens with zero attached hydrogens (tertiary/aromatic N) is 1. The van der Waals surface area contributed by atoms with Crippen molar-refractivity contribution in [3.05, 3.63) is 102 Å². The fourth-order valence-corrected chi connectivity index (χ4v) is 4.75. The third-order valence-electron chi connectivity index (χ3n) is 6.41. The quantitative estimate of drug-likeness (QED) is 0.291. The molecule has 1 heteroatoms. The number of hydrogen-bond donors (Lipinski definition) is 0. The molecule has 1 aromatic heterocycles. The van der Waals surface area contributed by atoms with Gasteiger partial charge in [0.25, 0.3) is 0 Å². The standard InChI is InChI=1S/C29H27N/c1-4-20(2)27-25-16-10-11-17-26(25)30(23-13-6-5-7-14-23)29(27)28-21(3)18-19-22-12-8-9-15-24(22)28/h5-20H,4H2,1-3H3. The van der Waals surface area contributed by atoms with Crippen LogP contribution in [0.5, 0.6) is 0 Å². The molecule has 0 aliphatic carbocycles. The van der Waals surface area contributed by atoms with Gasteiger partial charge >= 0.3 is 0 Å². The second kappa shape index (κ2) is 7.50. The number of para-hydroxylation sites is 2. The van der Waals surface area contributed by atoms with Crippen LogP contribution in [0.25, 0.3) is 38.6 Å². The molecule has 0 N–H and O–H groups in total. The van der Waals surface area contributed by atoms with Crippen molar-refractivity contribution in [1.82, 2.24) is 4.57 Å². The van der Waals surface area contributed by atoms with Crippen LogP contribution in [0.1, 0.15) is 37.3 Å². The highest BCUT2D eigenvalue weighted by molar-refractivity contribution is 6.03. The highest BCUT2D eigenvalue weighted by Crippen LogP contribution is 2.44. The predicted molar refractivity (Wildman–Crippen MR) is 130 cm³/mol. The van der Waals surface area contributed by atoms with Crippen LogP contribution in [0.4, 0.5) is 0 Å². The topological polar surface area (TPSA) is 4.93 Å². The van der Waals surface area contributed by atoms with Crippen molar-refractivity contribution < 1.29 is 0 Å².